The van der Waals surface area contributed by atoms with Gasteiger partial charge in [-0.2, -0.15) is 5.10 Å². The van der Waals surface area contributed by atoms with Crippen LogP contribution < -0.4 is 10.3 Å². The van der Waals surface area contributed by atoms with Crippen molar-refractivity contribution in [1.29, 1.82) is 0 Å². The summed E-state index contributed by atoms with van der Waals surface area (Å²) >= 11 is 0. The second kappa shape index (κ2) is 7.31. The number of benzene rings is 2. The van der Waals surface area contributed by atoms with Gasteiger partial charge in [-0.3, -0.25) is 9.36 Å². The highest BCUT2D eigenvalue weighted by atomic mass is 16.5. The third kappa shape index (κ3) is 3.53. The Morgan fingerprint density at radius 2 is 1.79 bits per heavy atom. The van der Waals surface area contributed by atoms with Crippen molar-refractivity contribution in [3.63, 3.8) is 0 Å². The van der Waals surface area contributed by atoms with Crippen LogP contribution in [-0.4, -0.2) is 25.9 Å². The van der Waals surface area contributed by atoms with E-state index in [2.05, 4.69) is 16.1 Å². The van der Waals surface area contributed by atoms with Gasteiger partial charge in [0.2, 0.25) is 0 Å². The van der Waals surface area contributed by atoms with Crippen LogP contribution in [0.15, 0.2) is 59.8 Å². The van der Waals surface area contributed by atoms with Crippen LogP contribution in [0.3, 0.4) is 0 Å². The number of aryl methyl sites for hydroxylation is 3. The fraction of sp³-hybridized carbons (Fsp3) is 0.227. The second-order valence-corrected chi connectivity index (χ2v) is 7.05. The molecule has 0 radical (unpaired) electrons. The molecular formula is C22H22N4O2. The number of nitrogens with zero attached hydrogens (tertiary/aromatic N) is 4. The number of aromatic nitrogens is 4. The van der Waals surface area contributed by atoms with Crippen molar-refractivity contribution in [2.45, 2.75) is 27.3 Å². The summed E-state index contributed by atoms with van der Waals surface area (Å²) in [5, 5.41) is 4.89. The lowest BCUT2D eigenvalue weighted by molar-refractivity contribution is 0.296. The molecule has 142 valence electrons. The molecule has 6 nitrogen and oxygen atoms in total. The summed E-state index contributed by atoms with van der Waals surface area (Å²) in [6.07, 6.45) is 3.14. The van der Waals surface area contributed by atoms with E-state index in [9.17, 15) is 4.79 Å². The molecule has 4 aromatic rings. The first kappa shape index (κ1) is 18.0. The van der Waals surface area contributed by atoms with Crippen molar-refractivity contribution in [3.8, 4) is 11.4 Å². The van der Waals surface area contributed by atoms with Gasteiger partial charge in [-0.15, -0.1) is 0 Å². The van der Waals surface area contributed by atoms with Crippen LogP contribution in [0.25, 0.3) is 16.7 Å². The molecule has 0 bridgehead atoms. The summed E-state index contributed by atoms with van der Waals surface area (Å²) in [6.45, 7) is 6.91. The molecule has 28 heavy (non-hydrogen) atoms. The standard InChI is InChI=1S/C22H22N4O2/c1-15-5-4-6-19(12-15)28-8-7-25-14-23-21-20(22(25)27)13-24-26(21)18-10-16(2)9-17(3)11-18/h4-6,9-14H,7-8H2,1-3H3. The molecule has 6 heteroatoms. The van der Waals surface area contributed by atoms with Crippen LogP contribution in [0.1, 0.15) is 16.7 Å². The second-order valence-electron chi connectivity index (χ2n) is 7.05. The summed E-state index contributed by atoms with van der Waals surface area (Å²) in [6, 6.07) is 14.0. The molecule has 2 heterocycles. The Morgan fingerprint density at radius 3 is 2.54 bits per heavy atom. The predicted molar refractivity (Wildman–Crippen MR) is 109 cm³/mol. The van der Waals surface area contributed by atoms with Crippen LogP contribution in [0.2, 0.25) is 0 Å². The molecule has 0 fully saturated rings. The van der Waals surface area contributed by atoms with Gasteiger partial charge < -0.3 is 4.74 Å². The SMILES string of the molecule is Cc1cccc(OCCn2cnc3c(cnn3-c3cc(C)cc(C)c3)c2=O)c1. The summed E-state index contributed by atoms with van der Waals surface area (Å²) in [4.78, 5) is 17.3. The number of fused-ring (bicyclic) bond motifs is 1. The smallest absolute Gasteiger partial charge is 0.264 e. The number of hydrogen-bond donors (Lipinski definition) is 0. The molecule has 0 atom stereocenters. The van der Waals surface area contributed by atoms with Gasteiger partial charge in [-0.05, 0) is 61.7 Å². The molecule has 0 spiro atoms. The average Bonchev–Trinajstić information content (AvgIpc) is 3.08. The summed E-state index contributed by atoms with van der Waals surface area (Å²) < 4.78 is 9.02. The first-order valence-electron chi connectivity index (χ1n) is 9.22. The normalized spacial score (nSPS) is 11.1. The van der Waals surface area contributed by atoms with Crippen molar-refractivity contribution in [3.05, 3.63) is 82.0 Å². The minimum absolute atomic E-state index is 0.117. The monoisotopic (exact) mass is 374 g/mol. The zero-order valence-corrected chi connectivity index (χ0v) is 16.2. The first-order valence-corrected chi connectivity index (χ1v) is 9.22. The lowest BCUT2D eigenvalue weighted by Crippen LogP contribution is -2.23. The Hall–Kier alpha value is -3.41. The highest BCUT2D eigenvalue weighted by Crippen LogP contribution is 2.17. The molecule has 0 aliphatic rings. The maximum absolute atomic E-state index is 12.8. The van der Waals surface area contributed by atoms with Gasteiger partial charge >= 0.3 is 0 Å². The van der Waals surface area contributed by atoms with E-state index < -0.39 is 0 Å². The fourth-order valence-corrected chi connectivity index (χ4v) is 3.34. The molecule has 0 saturated carbocycles. The van der Waals surface area contributed by atoms with Gasteiger partial charge in [0.25, 0.3) is 5.56 Å². The van der Waals surface area contributed by atoms with Crippen LogP contribution >= 0.6 is 0 Å². The van der Waals surface area contributed by atoms with Crippen molar-refractivity contribution in [2.24, 2.45) is 0 Å². The fourth-order valence-electron chi connectivity index (χ4n) is 3.34. The molecule has 0 unspecified atom stereocenters. The van der Waals surface area contributed by atoms with Gasteiger partial charge in [0.1, 0.15) is 24.1 Å². The summed E-state index contributed by atoms with van der Waals surface area (Å²) in [7, 11) is 0. The predicted octanol–water partition coefficient (Wildman–Crippen LogP) is 3.59. The van der Waals surface area contributed by atoms with Gasteiger partial charge in [0.15, 0.2) is 5.65 Å². The number of ether oxygens (including phenoxy) is 1. The zero-order chi connectivity index (χ0) is 19.7. The molecule has 2 aromatic carbocycles. The lowest BCUT2D eigenvalue weighted by Gasteiger charge is -2.09. The van der Waals surface area contributed by atoms with E-state index in [0.29, 0.717) is 24.2 Å². The van der Waals surface area contributed by atoms with E-state index in [4.69, 9.17) is 4.74 Å². The van der Waals surface area contributed by atoms with Crippen molar-refractivity contribution < 1.29 is 4.74 Å². The van der Waals surface area contributed by atoms with E-state index in [0.717, 1.165) is 28.1 Å². The van der Waals surface area contributed by atoms with Crippen molar-refractivity contribution >= 4 is 11.0 Å². The molecule has 0 aliphatic heterocycles. The molecule has 0 saturated heterocycles. The molecule has 2 aromatic heterocycles. The maximum atomic E-state index is 12.8. The minimum Gasteiger partial charge on any atom is -0.492 e. The quantitative estimate of drug-likeness (QED) is 0.536. The highest BCUT2D eigenvalue weighted by Gasteiger charge is 2.12. The molecule has 0 aliphatic carbocycles. The van der Waals surface area contributed by atoms with Crippen LogP contribution in [0.4, 0.5) is 0 Å². The van der Waals surface area contributed by atoms with E-state index >= 15 is 0 Å². The van der Waals surface area contributed by atoms with Gasteiger partial charge in [0.05, 0.1) is 18.4 Å². The molecule has 0 N–H and O–H groups in total. The third-order valence-corrected chi connectivity index (χ3v) is 4.60. The van der Waals surface area contributed by atoms with Crippen LogP contribution in [-0.2, 0) is 6.54 Å². The Kier molecular flexibility index (Phi) is 4.69. The van der Waals surface area contributed by atoms with E-state index in [1.807, 2.05) is 57.2 Å². The topological polar surface area (TPSA) is 61.9 Å². The van der Waals surface area contributed by atoms with Crippen LogP contribution in [0.5, 0.6) is 5.75 Å². The van der Waals surface area contributed by atoms with E-state index in [1.165, 1.54) is 0 Å². The Morgan fingerprint density at radius 1 is 1.00 bits per heavy atom. The Labute approximate surface area is 163 Å². The molecule has 4 rings (SSSR count). The van der Waals surface area contributed by atoms with Gasteiger partial charge in [-0.25, -0.2) is 9.67 Å². The lowest BCUT2D eigenvalue weighted by atomic mass is 10.1. The van der Waals surface area contributed by atoms with E-state index in [-0.39, 0.29) is 5.56 Å². The summed E-state index contributed by atoms with van der Waals surface area (Å²) in [5.74, 6) is 0.796. The van der Waals surface area contributed by atoms with Gasteiger partial charge in [0, 0.05) is 0 Å². The Bertz CT molecular complexity index is 1190. The minimum atomic E-state index is -0.117. The zero-order valence-electron chi connectivity index (χ0n) is 16.2. The maximum Gasteiger partial charge on any atom is 0.264 e. The third-order valence-electron chi connectivity index (χ3n) is 4.60. The number of hydrogen-bond acceptors (Lipinski definition) is 4. The Balaban J connectivity index is 1.59. The highest BCUT2D eigenvalue weighted by molar-refractivity contribution is 5.75. The van der Waals surface area contributed by atoms with Crippen molar-refractivity contribution in [2.75, 3.05) is 6.61 Å². The van der Waals surface area contributed by atoms with Gasteiger partial charge in [-0.1, -0.05) is 18.2 Å². The van der Waals surface area contributed by atoms with E-state index in [1.54, 1.807) is 21.8 Å². The van der Waals surface area contributed by atoms with Crippen LogP contribution in [0, 0.1) is 20.8 Å². The number of rotatable bonds is 5. The largest absolute Gasteiger partial charge is 0.492 e. The molecule has 0 amide bonds. The summed E-state index contributed by atoms with van der Waals surface area (Å²) in [5.41, 5.74) is 4.76. The first-order chi connectivity index (χ1) is 13.5. The average molecular weight is 374 g/mol. The molecular weight excluding hydrogens is 352 g/mol. The van der Waals surface area contributed by atoms with Crippen molar-refractivity contribution in [1.82, 2.24) is 19.3 Å².